The topological polar surface area (TPSA) is 77.2 Å². The van der Waals surface area contributed by atoms with Crippen LogP contribution in [0.15, 0.2) is 5.16 Å². The molecule has 1 aliphatic rings. The molecule has 0 aliphatic heterocycles. The van der Waals surface area contributed by atoms with Crippen molar-refractivity contribution in [2.45, 2.75) is 43.8 Å². The van der Waals surface area contributed by atoms with E-state index in [1.54, 1.807) is 7.11 Å². The van der Waals surface area contributed by atoms with Gasteiger partial charge >= 0.3 is 5.97 Å². The molecule has 1 fully saturated rings. The molecule has 0 spiro atoms. The van der Waals surface area contributed by atoms with Crippen LogP contribution < -0.4 is 0 Å². The fourth-order valence-electron chi connectivity index (χ4n) is 2.18. The molecule has 0 saturated heterocycles. The second-order valence-electron chi connectivity index (χ2n) is 5.43. The van der Waals surface area contributed by atoms with Crippen LogP contribution in [0, 0.1) is 5.92 Å². The third-order valence-corrected chi connectivity index (χ3v) is 4.32. The highest BCUT2D eigenvalue weighted by Gasteiger charge is 2.33. The van der Waals surface area contributed by atoms with E-state index in [9.17, 15) is 4.79 Å². The van der Waals surface area contributed by atoms with Crippen molar-refractivity contribution in [2.75, 3.05) is 19.5 Å². The van der Waals surface area contributed by atoms with Gasteiger partial charge in [0.2, 0.25) is 0 Å². The lowest BCUT2D eigenvalue weighted by Crippen LogP contribution is -2.23. The lowest BCUT2D eigenvalue weighted by molar-refractivity contribution is -0.133. The van der Waals surface area contributed by atoms with Crippen LogP contribution in [-0.4, -0.2) is 45.3 Å². The second kappa shape index (κ2) is 6.58. The summed E-state index contributed by atoms with van der Waals surface area (Å²) in [5.41, 5.74) is 0. The number of methoxy groups -OCH3 is 1. The van der Waals surface area contributed by atoms with Crippen molar-refractivity contribution in [3.8, 4) is 0 Å². The number of carboxylic acid groups (broad SMARTS) is 1. The number of aromatic nitrogens is 3. The number of carboxylic acids is 1. The Bertz CT molecular complexity index is 471. The fourth-order valence-corrected chi connectivity index (χ4v) is 2.90. The predicted molar refractivity (Wildman–Crippen MR) is 76.1 cm³/mol. The van der Waals surface area contributed by atoms with Gasteiger partial charge in [-0.3, -0.25) is 4.79 Å². The first-order valence-electron chi connectivity index (χ1n) is 6.83. The lowest BCUT2D eigenvalue weighted by Gasteiger charge is -2.24. The molecule has 7 heteroatoms. The number of nitrogens with zero attached hydrogens (tertiary/aromatic N) is 3. The van der Waals surface area contributed by atoms with Crippen LogP contribution in [0.4, 0.5) is 0 Å². The van der Waals surface area contributed by atoms with Crippen molar-refractivity contribution in [2.24, 2.45) is 5.92 Å². The summed E-state index contributed by atoms with van der Waals surface area (Å²) in [5.74, 6) is 0.979. The molecule has 1 aliphatic carbocycles. The van der Waals surface area contributed by atoms with Crippen molar-refractivity contribution in [3.05, 3.63) is 5.82 Å². The molecule has 0 amide bonds. The van der Waals surface area contributed by atoms with E-state index in [0.29, 0.717) is 23.6 Å². The zero-order valence-electron chi connectivity index (χ0n) is 12.1. The summed E-state index contributed by atoms with van der Waals surface area (Å²) in [6.07, 6.45) is 2.28. The maximum absolute atomic E-state index is 10.8. The Balaban J connectivity index is 2.29. The Kier molecular flexibility index (Phi) is 5.04. The molecule has 20 heavy (non-hydrogen) atoms. The highest BCUT2D eigenvalue weighted by Crippen LogP contribution is 2.42. The van der Waals surface area contributed by atoms with Crippen molar-refractivity contribution < 1.29 is 14.6 Å². The Morgan fingerprint density at radius 3 is 2.70 bits per heavy atom. The molecule has 2 rings (SSSR count). The maximum Gasteiger partial charge on any atom is 0.313 e. The number of aliphatic carboxylic acids is 1. The minimum atomic E-state index is -0.842. The van der Waals surface area contributed by atoms with E-state index >= 15 is 0 Å². The quantitative estimate of drug-likeness (QED) is 0.741. The molecule has 1 saturated carbocycles. The zero-order valence-corrected chi connectivity index (χ0v) is 12.9. The standard InChI is InChI=1S/C13H21N3O3S/c1-8(2)10(6-19-3)16-12(9-4-5-9)14-15-13(16)20-7-11(17)18/h8-10H,4-7H2,1-3H3,(H,17,18). The van der Waals surface area contributed by atoms with Crippen LogP contribution in [0.5, 0.6) is 0 Å². The minimum absolute atomic E-state index is 0.000593. The summed E-state index contributed by atoms with van der Waals surface area (Å²) in [6.45, 7) is 4.84. The Morgan fingerprint density at radius 2 is 2.20 bits per heavy atom. The number of ether oxygens (including phenoxy) is 1. The molecule has 1 N–H and O–H groups in total. The molecule has 0 bridgehead atoms. The Morgan fingerprint density at radius 1 is 1.50 bits per heavy atom. The molecule has 1 aromatic rings. The highest BCUT2D eigenvalue weighted by molar-refractivity contribution is 7.99. The average Bonchev–Trinajstić information content (AvgIpc) is 3.14. The largest absolute Gasteiger partial charge is 0.481 e. The minimum Gasteiger partial charge on any atom is -0.481 e. The van der Waals surface area contributed by atoms with Gasteiger partial charge in [0.1, 0.15) is 5.82 Å². The van der Waals surface area contributed by atoms with E-state index < -0.39 is 5.97 Å². The molecule has 1 atom stereocenters. The number of carbonyl (C=O) groups is 1. The number of hydrogen-bond acceptors (Lipinski definition) is 5. The molecule has 6 nitrogen and oxygen atoms in total. The maximum atomic E-state index is 10.8. The van der Waals surface area contributed by atoms with Crippen molar-refractivity contribution in [1.29, 1.82) is 0 Å². The second-order valence-corrected chi connectivity index (χ2v) is 6.38. The zero-order chi connectivity index (χ0) is 14.7. The summed E-state index contributed by atoms with van der Waals surface area (Å²) in [6, 6.07) is 0.141. The number of rotatable bonds is 8. The van der Waals surface area contributed by atoms with Crippen molar-refractivity contribution >= 4 is 17.7 Å². The van der Waals surface area contributed by atoms with Crippen LogP contribution >= 0.6 is 11.8 Å². The van der Waals surface area contributed by atoms with Gasteiger partial charge in [0.15, 0.2) is 5.16 Å². The molecular weight excluding hydrogens is 278 g/mol. The highest BCUT2D eigenvalue weighted by atomic mass is 32.2. The van der Waals surface area contributed by atoms with Gasteiger partial charge in [0, 0.05) is 13.0 Å². The van der Waals surface area contributed by atoms with Gasteiger partial charge in [-0.05, 0) is 18.8 Å². The predicted octanol–water partition coefficient (Wildman–Crippen LogP) is 2.18. The van der Waals surface area contributed by atoms with E-state index in [1.165, 1.54) is 11.8 Å². The molecule has 1 aromatic heterocycles. The van der Waals surface area contributed by atoms with Crippen LogP contribution in [0.25, 0.3) is 0 Å². The molecule has 112 valence electrons. The molecule has 1 unspecified atom stereocenters. The SMILES string of the molecule is COCC(C(C)C)n1c(SCC(=O)O)nnc1C1CC1. The summed E-state index contributed by atoms with van der Waals surface area (Å²) >= 11 is 1.23. The van der Waals surface area contributed by atoms with Gasteiger partial charge in [0.05, 0.1) is 18.4 Å². The van der Waals surface area contributed by atoms with Crippen LogP contribution in [0.1, 0.15) is 44.5 Å². The van der Waals surface area contributed by atoms with Gasteiger partial charge < -0.3 is 14.4 Å². The summed E-state index contributed by atoms with van der Waals surface area (Å²) in [7, 11) is 1.68. The van der Waals surface area contributed by atoms with Crippen molar-refractivity contribution in [1.82, 2.24) is 14.8 Å². The van der Waals surface area contributed by atoms with Crippen LogP contribution in [0.3, 0.4) is 0 Å². The summed E-state index contributed by atoms with van der Waals surface area (Å²) < 4.78 is 7.42. The summed E-state index contributed by atoms with van der Waals surface area (Å²) in [4.78, 5) is 10.8. The van der Waals surface area contributed by atoms with Gasteiger partial charge in [-0.1, -0.05) is 25.6 Å². The smallest absolute Gasteiger partial charge is 0.313 e. The van der Waals surface area contributed by atoms with E-state index in [-0.39, 0.29) is 11.8 Å². The number of thioether (sulfide) groups is 1. The van der Waals surface area contributed by atoms with Gasteiger partial charge in [-0.2, -0.15) is 0 Å². The van der Waals surface area contributed by atoms with Gasteiger partial charge in [0.25, 0.3) is 0 Å². The first kappa shape index (κ1) is 15.3. The lowest BCUT2D eigenvalue weighted by atomic mass is 10.0. The monoisotopic (exact) mass is 299 g/mol. The van der Waals surface area contributed by atoms with E-state index in [4.69, 9.17) is 9.84 Å². The van der Waals surface area contributed by atoms with Crippen LogP contribution in [0.2, 0.25) is 0 Å². The van der Waals surface area contributed by atoms with E-state index in [2.05, 4.69) is 28.6 Å². The molecular formula is C13H21N3O3S. The molecule has 0 aromatic carbocycles. The Labute approximate surface area is 122 Å². The normalized spacial score (nSPS) is 16.6. The molecule has 1 heterocycles. The average molecular weight is 299 g/mol. The Hall–Kier alpha value is -1.08. The summed E-state index contributed by atoms with van der Waals surface area (Å²) in [5, 5.41) is 18.0. The van der Waals surface area contributed by atoms with Gasteiger partial charge in [-0.25, -0.2) is 0 Å². The third-order valence-electron chi connectivity index (χ3n) is 3.40. The van der Waals surface area contributed by atoms with Gasteiger partial charge in [-0.15, -0.1) is 10.2 Å². The van der Waals surface area contributed by atoms with Crippen molar-refractivity contribution in [3.63, 3.8) is 0 Å². The van der Waals surface area contributed by atoms with E-state index in [1.807, 2.05) is 0 Å². The number of hydrogen-bond donors (Lipinski definition) is 1. The first-order chi connectivity index (χ1) is 9.54. The first-order valence-corrected chi connectivity index (χ1v) is 7.81. The fraction of sp³-hybridized carbons (Fsp3) is 0.769. The molecule has 0 radical (unpaired) electrons. The third kappa shape index (κ3) is 3.52. The van der Waals surface area contributed by atoms with E-state index in [0.717, 1.165) is 18.7 Å². The van der Waals surface area contributed by atoms with Crippen LogP contribution in [-0.2, 0) is 9.53 Å².